The number of alkyl halides is 2. The van der Waals surface area contributed by atoms with Crippen molar-refractivity contribution in [3.05, 3.63) is 0 Å². The first-order valence-corrected chi connectivity index (χ1v) is 3.57. The summed E-state index contributed by atoms with van der Waals surface area (Å²) in [5, 5.41) is 0. The standard InChI is InChI=1S/C4H7F2NOS/c1-9-2-4(5,6)3(7)8/h2H2,1H3,(H2,7,8). The summed E-state index contributed by atoms with van der Waals surface area (Å²) in [7, 11) is 0. The van der Waals surface area contributed by atoms with E-state index in [-0.39, 0.29) is 0 Å². The SMILES string of the molecule is CSCC(F)(F)C(N)=O. The van der Waals surface area contributed by atoms with Gasteiger partial charge in [-0.05, 0) is 6.26 Å². The van der Waals surface area contributed by atoms with Crippen LogP contribution >= 0.6 is 11.8 Å². The number of halogens is 2. The molecule has 0 aromatic rings. The molecule has 0 aliphatic rings. The molecule has 0 unspecified atom stereocenters. The summed E-state index contributed by atoms with van der Waals surface area (Å²) in [4.78, 5) is 9.87. The number of nitrogens with two attached hydrogens (primary N) is 1. The van der Waals surface area contributed by atoms with Gasteiger partial charge in [-0.15, -0.1) is 0 Å². The molecule has 2 N–H and O–H groups in total. The summed E-state index contributed by atoms with van der Waals surface area (Å²) in [5.41, 5.74) is 4.35. The second-order valence-corrected chi connectivity index (χ2v) is 2.37. The molecule has 0 aromatic carbocycles. The molecule has 0 saturated heterocycles. The van der Waals surface area contributed by atoms with Crippen molar-refractivity contribution >= 4 is 17.7 Å². The van der Waals surface area contributed by atoms with E-state index >= 15 is 0 Å². The molecule has 0 atom stereocenters. The van der Waals surface area contributed by atoms with E-state index < -0.39 is 17.6 Å². The second-order valence-electron chi connectivity index (χ2n) is 1.50. The van der Waals surface area contributed by atoms with Gasteiger partial charge in [-0.3, -0.25) is 4.79 Å². The molecule has 9 heavy (non-hydrogen) atoms. The quantitative estimate of drug-likeness (QED) is 0.643. The van der Waals surface area contributed by atoms with Crippen molar-refractivity contribution in [2.75, 3.05) is 12.0 Å². The first-order chi connectivity index (χ1) is 4.00. The first kappa shape index (κ1) is 8.68. The van der Waals surface area contributed by atoms with Crippen LogP contribution < -0.4 is 5.73 Å². The minimum absolute atomic E-state index is 0.539. The summed E-state index contributed by atoms with van der Waals surface area (Å²) in [6.45, 7) is 0. The van der Waals surface area contributed by atoms with E-state index in [4.69, 9.17) is 0 Å². The number of carbonyl (C=O) groups is 1. The van der Waals surface area contributed by atoms with Gasteiger partial charge in [-0.2, -0.15) is 20.5 Å². The monoisotopic (exact) mass is 155 g/mol. The molecule has 0 spiro atoms. The summed E-state index contributed by atoms with van der Waals surface area (Å²) in [5.74, 6) is -5.45. The summed E-state index contributed by atoms with van der Waals surface area (Å²) >= 11 is 0.886. The Morgan fingerprint density at radius 2 is 2.22 bits per heavy atom. The molecule has 2 nitrogen and oxygen atoms in total. The van der Waals surface area contributed by atoms with Gasteiger partial charge < -0.3 is 5.73 Å². The fourth-order valence-corrected chi connectivity index (χ4v) is 0.757. The third-order valence-corrected chi connectivity index (χ3v) is 1.34. The fraction of sp³-hybridized carbons (Fsp3) is 0.750. The Morgan fingerprint density at radius 3 is 2.33 bits per heavy atom. The van der Waals surface area contributed by atoms with E-state index in [2.05, 4.69) is 5.73 Å². The van der Waals surface area contributed by atoms with Crippen molar-refractivity contribution in [3.8, 4) is 0 Å². The van der Waals surface area contributed by atoms with E-state index in [1.165, 1.54) is 6.26 Å². The molecular weight excluding hydrogens is 148 g/mol. The van der Waals surface area contributed by atoms with Crippen LogP contribution in [-0.2, 0) is 4.79 Å². The van der Waals surface area contributed by atoms with Crippen molar-refractivity contribution in [2.24, 2.45) is 5.73 Å². The van der Waals surface area contributed by atoms with E-state index in [0.29, 0.717) is 0 Å². The van der Waals surface area contributed by atoms with Crippen molar-refractivity contribution in [1.29, 1.82) is 0 Å². The molecule has 0 aromatic heterocycles. The Bertz CT molecular complexity index is 117. The van der Waals surface area contributed by atoms with Gasteiger partial charge >= 0.3 is 5.92 Å². The van der Waals surface area contributed by atoms with Crippen LogP contribution in [0, 0.1) is 0 Å². The van der Waals surface area contributed by atoms with Gasteiger partial charge in [0.25, 0.3) is 5.91 Å². The van der Waals surface area contributed by atoms with Gasteiger partial charge in [0.05, 0.1) is 5.75 Å². The maximum Gasteiger partial charge on any atom is 0.333 e. The molecular formula is C4H7F2NOS. The fourth-order valence-electron chi connectivity index (χ4n) is 0.252. The van der Waals surface area contributed by atoms with Gasteiger partial charge in [0, 0.05) is 0 Å². The lowest BCUT2D eigenvalue weighted by Gasteiger charge is -2.08. The topological polar surface area (TPSA) is 43.1 Å². The molecule has 0 saturated carbocycles. The number of thioether (sulfide) groups is 1. The number of amides is 1. The Labute approximate surface area is 55.8 Å². The highest BCUT2D eigenvalue weighted by Crippen LogP contribution is 2.16. The van der Waals surface area contributed by atoms with Crippen LogP contribution in [0.2, 0.25) is 0 Å². The highest BCUT2D eigenvalue weighted by atomic mass is 32.2. The Kier molecular flexibility index (Phi) is 2.90. The minimum Gasteiger partial charge on any atom is -0.364 e. The maximum atomic E-state index is 12.1. The van der Waals surface area contributed by atoms with Crippen molar-refractivity contribution in [1.82, 2.24) is 0 Å². The normalized spacial score (nSPS) is 11.4. The van der Waals surface area contributed by atoms with Crippen LogP contribution in [-0.4, -0.2) is 23.8 Å². The number of primary amides is 1. The lowest BCUT2D eigenvalue weighted by molar-refractivity contribution is -0.138. The van der Waals surface area contributed by atoms with Crippen molar-refractivity contribution in [3.63, 3.8) is 0 Å². The third-order valence-electron chi connectivity index (χ3n) is 0.686. The van der Waals surface area contributed by atoms with Gasteiger partial charge in [-0.1, -0.05) is 0 Å². The zero-order valence-corrected chi connectivity index (χ0v) is 5.67. The smallest absolute Gasteiger partial charge is 0.333 e. The Balaban J connectivity index is 3.85. The Hall–Kier alpha value is -0.320. The van der Waals surface area contributed by atoms with Crippen LogP contribution in [0.15, 0.2) is 0 Å². The largest absolute Gasteiger partial charge is 0.364 e. The molecule has 5 heteroatoms. The summed E-state index contributed by atoms with van der Waals surface area (Å²) in [6.07, 6.45) is 1.48. The highest BCUT2D eigenvalue weighted by molar-refractivity contribution is 7.98. The molecule has 0 rings (SSSR count). The van der Waals surface area contributed by atoms with E-state index in [0.717, 1.165) is 11.8 Å². The third kappa shape index (κ3) is 2.64. The lowest BCUT2D eigenvalue weighted by atomic mass is 10.4. The molecule has 54 valence electrons. The summed E-state index contributed by atoms with van der Waals surface area (Å²) < 4.78 is 24.1. The molecule has 1 amide bonds. The zero-order valence-electron chi connectivity index (χ0n) is 4.86. The number of hydrogen-bond acceptors (Lipinski definition) is 2. The van der Waals surface area contributed by atoms with Crippen LogP contribution in [0.25, 0.3) is 0 Å². The van der Waals surface area contributed by atoms with E-state index in [1.807, 2.05) is 0 Å². The molecule has 0 bridgehead atoms. The van der Waals surface area contributed by atoms with Crippen molar-refractivity contribution < 1.29 is 13.6 Å². The Morgan fingerprint density at radius 1 is 1.78 bits per heavy atom. The average Bonchev–Trinajstić information content (AvgIpc) is 1.65. The molecule has 0 aliphatic carbocycles. The van der Waals surface area contributed by atoms with Gasteiger partial charge in [0.1, 0.15) is 0 Å². The molecule has 0 aliphatic heterocycles. The van der Waals surface area contributed by atoms with Gasteiger partial charge in [0.15, 0.2) is 0 Å². The highest BCUT2D eigenvalue weighted by Gasteiger charge is 2.35. The van der Waals surface area contributed by atoms with E-state index in [1.54, 1.807) is 0 Å². The molecule has 0 radical (unpaired) electrons. The van der Waals surface area contributed by atoms with Crippen LogP contribution in [0.4, 0.5) is 8.78 Å². The number of carbonyl (C=O) groups excluding carboxylic acids is 1. The molecule has 0 fully saturated rings. The maximum absolute atomic E-state index is 12.1. The minimum atomic E-state index is -3.35. The van der Waals surface area contributed by atoms with Crippen LogP contribution in [0.1, 0.15) is 0 Å². The number of rotatable bonds is 3. The zero-order chi connectivity index (χ0) is 7.49. The molecule has 0 heterocycles. The predicted octanol–water partition coefficient (Wildman–Crippen LogP) is 0.470. The van der Waals surface area contributed by atoms with Crippen LogP contribution in [0.3, 0.4) is 0 Å². The van der Waals surface area contributed by atoms with E-state index in [9.17, 15) is 13.6 Å². The average molecular weight is 155 g/mol. The predicted molar refractivity (Wildman–Crippen MR) is 32.5 cm³/mol. The number of hydrogen-bond donors (Lipinski definition) is 1. The van der Waals surface area contributed by atoms with Crippen molar-refractivity contribution in [2.45, 2.75) is 5.92 Å². The first-order valence-electron chi connectivity index (χ1n) is 2.17. The van der Waals surface area contributed by atoms with Gasteiger partial charge in [-0.25, -0.2) is 0 Å². The second kappa shape index (κ2) is 3.00. The van der Waals surface area contributed by atoms with Gasteiger partial charge in [0.2, 0.25) is 0 Å². The lowest BCUT2D eigenvalue weighted by Crippen LogP contribution is -2.37. The van der Waals surface area contributed by atoms with Crippen LogP contribution in [0.5, 0.6) is 0 Å². The summed E-state index contributed by atoms with van der Waals surface area (Å²) in [6, 6.07) is 0.